The summed E-state index contributed by atoms with van der Waals surface area (Å²) in [6, 6.07) is 14.5. The summed E-state index contributed by atoms with van der Waals surface area (Å²) in [4.78, 5) is 59.2. The van der Waals surface area contributed by atoms with Crippen LogP contribution in [0.1, 0.15) is 61.6 Å². The quantitative estimate of drug-likeness (QED) is 0.521. The minimum absolute atomic E-state index is 0.330. The largest absolute Gasteiger partial charge is 0.274 e. The van der Waals surface area contributed by atoms with Crippen LogP contribution in [0.3, 0.4) is 0 Å². The number of aromatic nitrogens is 2. The Hall–Kier alpha value is -4.20. The van der Waals surface area contributed by atoms with Gasteiger partial charge in [-0.05, 0) is 49.2 Å². The second-order valence-electron chi connectivity index (χ2n) is 8.72. The van der Waals surface area contributed by atoms with Gasteiger partial charge in [-0.3, -0.25) is 38.9 Å². The van der Waals surface area contributed by atoms with Crippen molar-refractivity contribution >= 4 is 35.0 Å². The van der Waals surface area contributed by atoms with Crippen molar-refractivity contribution in [1.29, 1.82) is 0 Å². The predicted octanol–water partition coefficient (Wildman–Crippen LogP) is 4.07. The summed E-state index contributed by atoms with van der Waals surface area (Å²) in [6.45, 7) is 9.27. The third-order valence-corrected chi connectivity index (χ3v) is 5.81. The van der Waals surface area contributed by atoms with Gasteiger partial charge in [-0.2, -0.15) is 0 Å². The summed E-state index contributed by atoms with van der Waals surface area (Å²) in [5.74, 6) is -1.33. The van der Waals surface area contributed by atoms with Gasteiger partial charge in [0.25, 0.3) is 0 Å². The highest BCUT2D eigenvalue weighted by Gasteiger charge is 2.18. The lowest BCUT2D eigenvalue weighted by Gasteiger charge is -2.18. The van der Waals surface area contributed by atoms with Crippen LogP contribution in [0.5, 0.6) is 0 Å². The molecule has 0 bridgehead atoms. The Morgan fingerprint density at radius 1 is 0.611 bits per heavy atom. The molecule has 4 amide bonds. The molecule has 0 saturated carbocycles. The fourth-order valence-corrected chi connectivity index (χ4v) is 4.16. The van der Waals surface area contributed by atoms with Gasteiger partial charge in [0.05, 0.1) is 34.2 Å². The first-order valence-corrected chi connectivity index (χ1v) is 11.6. The molecule has 8 heteroatoms. The van der Waals surface area contributed by atoms with Crippen molar-refractivity contribution in [2.45, 2.75) is 54.4 Å². The molecule has 186 valence electrons. The van der Waals surface area contributed by atoms with Crippen LogP contribution >= 0.6 is 0 Å². The lowest BCUT2D eigenvalue weighted by atomic mass is 10.0. The van der Waals surface area contributed by atoms with Gasteiger partial charge in [0.15, 0.2) is 0 Å². The Labute approximate surface area is 211 Å². The molecular formula is C28H30N4O4. The number of amides is 4. The molecule has 36 heavy (non-hydrogen) atoms. The van der Waals surface area contributed by atoms with E-state index in [9.17, 15) is 19.2 Å². The minimum Gasteiger partial charge on any atom is -0.274 e. The van der Waals surface area contributed by atoms with Gasteiger partial charge in [-0.1, -0.05) is 24.3 Å². The van der Waals surface area contributed by atoms with Gasteiger partial charge in [0.1, 0.15) is 0 Å². The molecule has 2 aromatic carbocycles. The van der Waals surface area contributed by atoms with Crippen LogP contribution in [0.25, 0.3) is 0 Å². The molecule has 0 unspecified atom stereocenters. The summed E-state index contributed by atoms with van der Waals surface area (Å²) in [5.41, 5.74) is 6.22. The van der Waals surface area contributed by atoms with E-state index in [1.54, 1.807) is 18.2 Å². The molecule has 0 spiro atoms. The third-order valence-electron chi connectivity index (χ3n) is 5.81. The number of aryl methyl sites for hydroxylation is 2. The van der Waals surface area contributed by atoms with E-state index in [0.717, 1.165) is 43.7 Å². The normalized spacial score (nSPS) is 10.6. The predicted molar refractivity (Wildman–Crippen MR) is 138 cm³/mol. The fraction of sp³-hybridized carbons (Fsp3) is 0.286. The zero-order valence-corrected chi connectivity index (χ0v) is 21.5. The zero-order valence-electron chi connectivity index (χ0n) is 21.5. The molecular weight excluding hydrogens is 456 g/mol. The highest BCUT2D eigenvalue weighted by molar-refractivity contribution is 6.13. The summed E-state index contributed by atoms with van der Waals surface area (Å²) in [5, 5.41) is 0. The zero-order chi connectivity index (χ0) is 26.6. The molecule has 1 aromatic heterocycles. The lowest BCUT2D eigenvalue weighted by Crippen LogP contribution is -2.33. The Bertz CT molecular complexity index is 1300. The minimum atomic E-state index is -0.334. The van der Waals surface area contributed by atoms with Crippen molar-refractivity contribution in [2.24, 2.45) is 0 Å². The Morgan fingerprint density at radius 2 is 1.06 bits per heavy atom. The van der Waals surface area contributed by atoms with Crippen molar-refractivity contribution in [3.8, 4) is 0 Å². The number of hydrogen-bond acceptors (Lipinski definition) is 6. The first-order valence-electron chi connectivity index (χ1n) is 11.6. The number of rotatable bonds is 6. The molecule has 0 N–H and O–H groups in total. The molecule has 0 aliphatic rings. The highest BCUT2D eigenvalue weighted by atomic mass is 16.2. The molecule has 0 aliphatic carbocycles. The average Bonchev–Trinajstić information content (AvgIpc) is 2.78. The number of hydrogen-bond donors (Lipinski definition) is 0. The van der Waals surface area contributed by atoms with E-state index in [1.165, 1.54) is 27.7 Å². The Balaban J connectivity index is 1.81. The maximum atomic E-state index is 11.9. The highest BCUT2D eigenvalue weighted by Crippen LogP contribution is 2.22. The summed E-state index contributed by atoms with van der Waals surface area (Å²) < 4.78 is 0. The molecule has 0 radical (unpaired) electrons. The molecule has 0 fully saturated rings. The summed E-state index contributed by atoms with van der Waals surface area (Å²) in [6.07, 6.45) is 1.07. The number of anilines is 2. The Kier molecular flexibility index (Phi) is 8.09. The maximum Gasteiger partial charge on any atom is 0.230 e. The van der Waals surface area contributed by atoms with E-state index in [0.29, 0.717) is 24.2 Å². The molecule has 0 aliphatic heterocycles. The topological polar surface area (TPSA) is 101 Å². The third kappa shape index (κ3) is 6.07. The SMILES string of the molecule is CC(=O)N(C(C)=O)c1ccc(Cc2nc(C)c(Cc3cccc(N(C(C)=O)C(C)=O)c3)nc2C)cc1. The molecule has 1 heterocycles. The maximum absolute atomic E-state index is 11.9. The number of nitrogens with zero attached hydrogens (tertiary/aromatic N) is 4. The van der Waals surface area contributed by atoms with Gasteiger partial charge < -0.3 is 0 Å². The van der Waals surface area contributed by atoms with E-state index >= 15 is 0 Å². The van der Waals surface area contributed by atoms with Gasteiger partial charge in [0, 0.05) is 40.5 Å². The van der Waals surface area contributed by atoms with Gasteiger partial charge in [-0.15, -0.1) is 0 Å². The van der Waals surface area contributed by atoms with Crippen molar-refractivity contribution in [3.63, 3.8) is 0 Å². The monoisotopic (exact) mass is 486 g/mol. The molecule has 3 rings (SSSR count). The van der Waals surface area contributed by atoms with E-state index in [4.69, 9.17) is 9.97 Å². The molecule has 0 atom stereocenters. The standard InChI is InChI=1S/C28H30N4O4/c1-17-27(15-23-10-12-25(13-11-23)31(19(3)33)20(4)34)29-18(2)28(30-17)16-24-8-7-9-26(14-24)32(21(5)35)22(6)36/h7-14H,15-16H2,1-6H3. The van der Waals surface area contributed by atoms with E-state index in [2.05, 4.69) is 0 Å². The number of imide groups is 2. The van der Waals surface area contributed by atoms with Crippen LogP contribution in [0.2, 0.25) is 0 Å². The fourth-order valence-electron chi connectivity index (χ4n) is 4.16. The van der Waals surface area contributed by atoms with Crippen molar-refractivity contribution in [3.05, 3.63) is 82.4 Å². The van der Waals surface area contributed by atoms with E-state index < -0.39 is 0 Å². The van der Waals surface area contributed by atoms with Crippen LogP contribution in [0.4, 0.5) is 11.4 Å². The molecule has 0 saturated heterocycles. The first kappa shape index (κ1) is 26.4. The number of carbonyl (C=O) groups excluding carboxylic acids is 4. The average molecular weight is 487 g/mol. The molecule has 8 nitrogen and oxygen atoms in total. The van der Waals surface area contributed by atoms with Crippen LogP contribution < -0.4 is 9.80 Å². The van der Waals surface area contributed by atoms with Crippen LogP contribution in [0.15, 0.2) is 48.5 Å². The second-order valence-corrected chi connectivity index (χ2v) is 8.72. The van der Waals surface area contributed by atoms with E-state index in [-0.39, 0.29) is 23.6 Å². The van der Waals surface area contributed by atoms with Gasteiger partial charge >= 0.3 is 0 Å². The first-order chi connectivity index (χ1) is 17.0. The number of benzene rings is 2. The van der Waals surface area contributed by atoms with Gasteiger partial charge in [-0.25, -0.2) is 0 Å². The summed E-state index contributed by atoms with van der Waals surface area (Å²) >= 11 is 0. The van der Waals surface area contributed by atoms with Crippen molar-refractivity contribution < 1.29 is 19.2 Å². The van der Waals surface area contributed by atoms with E-state index in [1.807, 2.05) is 44.2 Å². The number of carbonyl (C=O) groups is 4. The van der Waals surface area contributed by atoms with Crippen LogP contribution in [-0.4, -0.2) is 33.6 Å². The smallest absolute Gasteiger partial charge is 0.230 e. The second kappa shape index (κ2) is 11.0. The van der Waals surface area contributed by atoms with Crippen molar-refractivity contribution in [2.75, 3.05) is 9.80 Å². The van der Waals surface area contributed by atoms with Crippen LogP contribution in [-0.2, 0) is 32.0 Å². The van der Waals surface area contributed by atoms with Gasteiger partial charge in [0.2, 0.25) is 23.6 Å². The Morgan fingerprint density at radius 3 is 1.53 bits per heavy atom. The van der Waals surface area contributed by atoms with Crippen LogP contribution in [0, 0.1) is 13.8 Å². The summed E-state index contributed by atoms with van der Waals surface area (Å²) in [7, 11) is 0. The molecule has 3 aromatic rings. The van der Waals surface area contributed by atoms with Crippen molar-refractivity contribution in [1.82, 2.24) is 9.97 Å². The lowest BCUT2D eigenvalue weighted by molar-refractivity contribution is -0.125.